The van der Waals surface area contributed by atoms with Crippen LogP contribution >= 0.6 is 0 Å². The first-order valence-corrected chi connectivity index (χ1v) is 10.0. The van der Waals surface area contributed by atoms with Crippen molar-refractivity contribution in [1.82, 2.24) is 4.90 Å². The minimum Gasteiger partial charge on any atom is -0.479 e. The summed E-state index contributed by atoms with van der Waals surface area (Å²) in [7, 11) is 1.56. The minimum atomic E-state index is -1.00. The number of anilines is 1. The van der Waals surface area contributed by atoms with Gasteiger partial charge in [0, 0.05) is 20.1 Å². The van der Waals surface area contributed by atoms with E-state index in [1.165, 1.54) is 28.9 Å². The highest BCUT2D eigenvalue weighted by atomic mass is 19.1. The lowest BCUT2D eigenvalue weighted by atomic mass is 10.1. The number of hydrogen-bond acceptors (Lipinski definition) is 5. The minimum absolute atomic E-state index is 0.0714. The molecule has 31 heavy (non-hydrogen) atoms. The summed E-state index contributed by atoms with van der Waals surface area (Å²) in [5.41, 5.74) is 1.23. The molecule has 8 heteroatoms. The third kappa shape index (κ3) is 5.39. The number of likely N-dealkylation sites (N-methyl/N-ethyl adjacent to an activating group) is 1. The average molecular weight is 428 g/mol. The largest absolute Gasteiger partial charge is 0.479 e. The van der Waals surface area contributed by atoms with Gasteiger partial charge in [0.15, 0.2) is 12.2 Å². The van der Waals surface area contributed by atoms with Gasteiger partial charge in [-0.15, -0.1) is 0 Å². The van der Waals surface area contributed by atoms with Gasteiger partial charge >= 0.3 is 5.97 Å². The first-order chi connectivity index (χ1) is 14.8. The Hall–Kier alpha value is -3.42. The highest BCUT2D eigenvalue weighted by Crippen LogP contribution is 2.33. The lowest BCUT2D eigenvalue weighted by Crippen LogP contribution is -2.45. The number of amides is 2. The van der Waals surface area contributed by atoms with Crippen molar-refractivity contribution in [3.63, 3.8) is 0 Å². The first-order valence-electron chi connectivity index (χ1n) is 10.0. The molecular formula is C23H25FN2O5. The number of esters is 1. The quantitative estimate of drug-likeness (QED) is 0.634. The van der Waals surface area contributed by atoms with E-state index < -0.39 is 24.1 Å². The van der Waals surface area contributed by atoms with Crippen molar-refractivity contribution in [2.24, 2.45) is 0 Å². The maximum atomic E-state index is 13.3. The molecule has 2 amide bonds. The van der Waals surface area contributed by atoms with Crippen LogP contribution in [-0.4, -0.2) is 48.5 Å². The molecule has 2 aromatic rings. The summed E-state index contributed by atoms with van der Waals surface area (Å²) in [5, 5.41) is 0. The monoisotopic (exact) mass is 428 g/mol. The molecule has 1 aliphatic heterocycles. The van der Waals surface area contributed by atoms with E-state index in [1.807, 2.05) is 0 Å². The third-order valence-corrected chi connectivity index (χ3v) is 4.95. The summed E-state index contributed by atoms with van der Waals surface area (Å²) in [6.07, 6.45) is -1.72. The van der Waals surface area contributed by atoms with Crippen molar-refractivity contribution in [3.05, 3.63) is 59.9 Å². The van der Waals surface area contributed by atoms with Crippen LogP contribution in [0.5, 0.6) is 5.75 Å². The predicted octanol–water partition coefficient (Wildman–Crippen LogP) is 2.92. The van der Waals surface area contributed by atoms with E-state index in [0.717, 1.165) is 0 Å². The Bertz CT molecular complexity index is 980. The van der Waals surface area contributed by atoms with E-state index in [9.17, 15) is 18.8 Å². The van der Waals surface area contributed by atoms with Crippen LogP contribution in [0.4, 0.5) is 10.1 Å². The molecular weight excluding hydrogens is 403 g/mol. The molecule has 0 N–H and O–H groups in total. The molecule has 7 nitrogen and oxygen atoms in total. The molecule has 3 rings (SSSR count). The molecule has 0 saturated carbocycles. The van der Waals surface area contributed by atoms with Crippen molar-refractivity contribution in [2.45, 2.75) is 39.0 Å². The van der Waals surface area contributed by atoms with Crippen LogP contribution in [0, 0.1) is 5.82 Å². The van der Waals surface area contributed by atoms with Crippen LogP contribution < -0.4 is 9.64 Å². The standard InChI is InChI=1S/C23H25FN2O5/c1-15(22(28)25(3)14-17-7-6-8-18(24)13-17)31-21(27)11-12-26-19-9-4-5-10-20(19)30-16(2)23(26)29/h4-10,13,15-16H,11-12,14H2,1-3H3. The molecule has 2 unspecified atom stereocenters. The molecule has 2 aromatic carbocycles. The number of carbonyl (C=O) groups excluding carboxylic acids is 3. The Morgan fingerprint density at radius 1 is 1.23 bits per heavy atom. The lowest BCUT2D eigenvalue weighted by Gasteiger charge is -2.32. The number of benzene rings is 2. The van der Waals surface area contributed by atoms with E-state index >= 15 is 0 Å². The summed E-state index contributed by atoms with van der Waals surface area (Å²) < 4.78 is 24.2. The van der Waals surface area contributed by atoms with Crippen LogP contribution in [0.15, 0.2) is 48.5 Å². The number of carbonyl (C=O) groups is 3. The zero-order valence-corrected chi connectivity index (χ0v) is 17.7. The molecule has 164 valence electrons. The van der Waals surface area contributed by atoms with E-state index in [1.54, 1.807) is 50.4 Å². The normalized spacial score (nSPS) is 16.2. The van der Waals surface area contributed by atoms with Crippen molar-refractivity contribution >= 4 is 23.5 Å². The topological polar surface area (TPSA) is 76.1 Å². The molecule has 2 atom stereocenters. The van der Waals surface area contributed by atoms with Crippen LogP contribution in [-0.2, 0) is 25.7 Å². The molecule has 0 radical (unpaired) electrons. The van der Waals surface area contributed by atoms with Crippen LogP contribution in [0.3, 0.4) is 0 Å². The van der Waals surface area contributed by atoms with E-state index in [2.05, 4.69) is 0 Å². The molecule has 0 aromatic heterocycles. The molecule has 1 heterocycles. The third-order valence-electron chi connectivity index (χ3n) is 4.95. The Morgan fingerprint density at radius 3 is 2.71 bits per heavy atom. The van der Waals surface area contributed by atoms with E-state index in [4.69, 9.17) is 9.47 Å². The number of rotatable bonds is 7. The van der Waals surface area contributed by atoms with Crippen molar-refractivity contribution in [3.8, 4) is 5.75 Å². The van der Waals surface area contributed by atoms with Gasteiger partial charge in [-0.1, -0.05) is 24.3 Å². The number of hydrogen-bond donors (Lipinski definition) is 0. The summed E-state index contributed by atoms with van der Waals surface area (Å²) in [6, 6.07) is 13.1. The number of halogens is 1. The lowest BCUT2D eigenvalue weighted by molar-refractivity contribution is -0.158. The Labute approximate surface area is 180 Å². The predicted molar refractivity (Wildman–Crippen MR) is 112 cm³/mol. The fourth-order valence-corrected chi connectivity index (χ4v) is 3.40. The summed E-state index contributed by atoms with van der Waals surface area (Å²) >= 11 is 0. The summed E-state index contributed by atoms with van der Waals surface area (Å²) in [4.78, 5) is 40.2. The average Bonchev–Trinajstić information content (AvgIpc) is 2.73. The smallest absolute Gasteiger partial charge is 0.308 e. The van der Waals surface area contributed by atoms with Gasteiger partial charge in [0.1, 0.15) is 11.6 Å². The maximum Gasteiger partial charge on any atom is 0.308 e. The number of para-hydroxylation sites is 2. The highest BCUT2D eigenvalue weighted by molar-refractivity contribution is 6.00. The number of nitrogens with zero attached hydrogens (tertiary/aromatic N) is 2. The number of fused-ring (bicyclic) bond motifs is 1. The fourth-order valence-electron chi connectivity index (χ4n) is 3.40. The summed E-state index contributed by atoms with van der Waals surface area (Å²) in [6.45, 7) is 3.44. The van der Waals surface area contributed by atoms with Gasteiger partial charge in [0.25, 0.3) is 11.8 Å². The molecule has 0 saturated heterocycles. The fraction of sp³-hybridized carbons (Fsp3) is 0.348. The maximum absolute atomic E-state index is 13.3. The van der Waals surface area contributed by atoms with Crippen LogP contribution in [0.2, 0.25) is 0 Å². The zero-order chi connectivity index (χ0) is 22.5. The number of ether oxygens (including phenoxy) is 2. The van der Waals surface area contributed by atoms with Gasteiger partial charge in [-0.3, -0.25) is 14.4 Å². The van der Waals surface area contributed by atoms with Crippen LogP contribution in [0.1, 0.15) is 25.8 Å². The van der Waals surface area contributed by atoms with Gasteiger partial charge < -0.3 is 19.3 Å². The Kier molecular flexibility index (Phi) is 6.89. The van der Waals surface area contributed by atoms with Crippen molar-refractivity contribution < 1.29 is 28.2 Å². The SMILES string of the molecule is CC(OC(=O)CCN1C(=O)C(C)Oc2ccccc21)C(=O)N(C)Cc1cccc(F)c1. The van der Waals surface area contributed by atoms with Gasteiger partial charge in [-0.25, -0.2) is 4.39 Å². The van der Waals surface area contributed by atoms with E-state index in [-0.39, 0.29) is 31.2 Å². The van der Waals surface area contributed by atoms with Crippen molar-refractivity contribution in [1.29, 1.82) is 0 Å². The van der Waals surface area contributed by atoms with Gasteiger partial charge in [-0.05, 0) is 43.7 Å². The van der Waals surface area contributed by atoms with Gasteiger partial charge in [0.05, 0.1) is 12.1 Å². The highest BCUT2D eigenvalue weighted by Gasteiger charge is 2.31. The molecule has 0 spiro atoms. The van der Waals surface area contributed by atoms with Gasteiger partial charge in [-0.2, -0.15) is 0 Å². The first kappa shape index (κ1) is 22.3. The van der Waals surface area contributed by atoms with Gasteiger partial charge in [0.2, 0.25) is 0 Å². The van der Waals surface area contributed by atoms with Crippen molar-refractivity contribution in [2.75, 3.05) is 18.5 Å². The zero-order valence-electron chi connectivity index (χ0n) is 17.7. The second-order valence-electron chi connectivity index (χ2n) is 7.42. The van der Waals surface area contributed by atoms with E-state index in [0.29, 0.717) is 17.0 Å². The molecule has 1 aliphatic rings. The second kappa shape index (κ2) is 9.59. The molecule has 0 bridgehead atoms. The molecule has 0 aliphatic carbocycles. The Balaban J connectivity index is 1.54. The van der Waals surface area contributed by atoms with Crippen LogP contribution in [0.25, 0.3) is 0 Å². The summed E-state index contributed by atoms with van der Waals surface area (Å²) in [5.74, 6) is -1.05. The Morgan fingerprint density at radius 2 is 1.97 bits per heavy atom. The molecule has 0 fully saturated rings. The second-order valence-corrected chi connectivity index (χ2v) is 7.42.